The van der Waals surface area contributed by atoms with E-state index < -0.39 is 0 Å². The first-order chi connectivity index (χ1) is 14.0. The van der Waals surface area contributed by atoms with Crippen molar-refractivity contribution in [2.45, 2.75) is 75.2 Å². The third kappa shape index (κ3) is 4.15. The zero-order valence-electron chi connectivity index (χ0n) is 18.0. The number of rotatable bonds is 3. The van der Waals surface area contributed by atoms with E-state index in [2.05, 4.69) is 29.6 Å². The highest BCUT2D eigenvalue weighted by Gasteiger charge is 2.46. The molecule has 0 radical (unpaired) electrons. The van der Waals surface area contributed by atoms with Gasteiger partial charge in [0.25, 0.3) is 0 Å². The molecule has 1 aliphatic heterocycles. The molecule has 1 aromatic rings. The summed E-state index contributed by atoms with van der Waals surface area (Å²) in [5.41, 5.74) is 2.89. The number of nitrogens with one attached hydrogen (secondary N) is 1. The van der Waals surface area contributed by atoms with Crippen molar-refractivity contribution < 1.29 is 9.59 Å². The van der Waals surface area contributed by atoms with Crippen LogP contribution >= 0.6 is 0 Å². The Bertz CT molecular complexity index is 746. The Morgan fingerprint density at radius 3 is 2.48 bits per heavy atom. The summed E-state index contributed by atoms with van der Waals surface area (Å²) in [6.45, 7) is 1.61. The number of carbonyl (C=O) groups excluding carboxylic acids is 2. The minimum atomic E-state index is 0.121. The zero-order chi connectivity index (χ0) is 20.4. The molecule has 1 heterocycles. The summed E-state index contributed by atoms with van der Waals surface area (Å²) in [7, 11) is 3.67. The number of hydrogen-bond donors (Lipinski definition) is 1. The van der Waals surface area contributed by atoms with Crippen LogP contribution in [0.1, 0.15) is 74.8 Å². The van der Waals surface area contributed by atoms with Crippen LogP contribution in [0.4, 0.5) is 4.79 Å². The molecule has 1 saturated carbocycles. The van der Waals surface area contributed by atoms with Crippen LogP contribution in [0.2, 0.25) is 0 Å². The average Bonchev–Trinajstić information content (AvgIpc) is 3.02. The molecule has 1 aromatic carbocycles. The number of benzene rings is 1. The predicted molar refractivity (Wildman–Crippen MR) is 115 cm³/mol. The van der Waals surface area contributed by atoms with E-state index in [1.54, 1.807) is 4.90 Å². The van der Waals surface area contributed by atoms with Crippen molar-refractivity contribution in [3.05, 3.63) is 35.4 Å². The molecule has 5 nitrogen and oxygen atoms in total. The van der Waals surface area contributed by atoms with Crippen molar-refractivity contribution in [3.63, 3.8) is 0 Å². The van der Waals surface area contributed by atoms with Gasteiger partial charge in [-0.25, -0.2) is 4.79 Å². The molecule has 0 bridgehead atoms. The van der Waals surface area contributed by atoms with Crippen LogP contribution in [-0.4, -0.2) is 55.0 Å². The number of fused-ring (bicyclic) bond motifs is 2. The third-order valence-electron chi connectivity index (χ3n) is 7.47. The van der Waals surface area contributed by atoms with Crippen LogP contribution in [0.5, 0.6) is 0 Å². The summed E-state index contributed by atoms with van der Waals surface area (Å²) >= 11 is 0. The Hall–Kier alpha value is -2.04. The van der Waals surface area contributed by atoms with Gasteiger partial charge in [-0.15, -0.1) is 0 Å². The van der Waals surface area contributed by atoms with Crippen LogP contribution in [0, 0.1) is 0 Å². The third-order valence-corrected chi connectivity index (χ3v) is 7.47. The lowest BCUT2D eigenvalue weighted by atomic mass is 9.73. The molecule has 158 valence electrons. The summed E-state index contributed by atoms with van der Waals surface area (Å²) in [6, 6.07) is 9.17. The first-order valence-electron chi connectivity index (χ1n) is 11.3. The summed E-state index contributed by atoms with van der Waals surface area (Å²) in [5.74, 6) is 0.495. The van der Waals surface area contributed by atoms with Gasteiger partial charge in [0.2, 0.25) is 5.91 Å². The van der Waals surface area contributed by atoms with Gasteiger partial charge >= 0.3 is 6.03 Å². The molecule has 2 fully saturated rings. The SMILES string of the molecule is CN(C)C(=O)CC1CC2(CCN(C(=O)NC3CCCCC3)CC2)c2ccccc21. The van der Waals surface area contributed by atoms with E-state index in [0.717, 1.165) is 45.2 Å². The van der Waals surface area contributed by atoms with Crippen LogP contribution in [0.15, 0.2) is 24.3 Å². The fourth-order valence-electron chi connectivity index (χ4n) is 5.73. The highest BCUT2D eigenvalue weighted by Crippen LogP contribution is 2.52. The molecule has 1 N–H and O–H groups in total. The predicted octanol–water partition coefficient (Wildman–Crippen LogP) is 4.03. The number of amides is 3. The Labute approximate surface area is 174 Å². The Morgan fingerprint density at radius 1 is 1.10 bits per heavy atom. The molecule has 1 spiro atoms. The molecule has 1 unspecified atom stereocenters. The maximum absolute atomic E-state index is 12.8. The van der Waals surface area contributed by atoms with Crippen molar-refractivity contribution in [1.29, 1.82) is 0 Å². The van der Waals surface area contributed by atoms with Gasteiger partial charge in [-0.3, -0.25) is 4.79 Å². The maximum Gasteiger partial charge on any atom is 0.317 e. The lowest BCUT2D eigenvalue weighted by Gasteiger charge is -2.41. The van der Waals surface area contributed by atoms with Crippen molar-refractivity contribution >= 4 is 11.9 Å². The van der Waals surface area contributed by atoms with E-state index >= 15 is 0 Å². The van der Waals surface area contributed by atoms with Crippen molar-refractivity contribution in [3.8, 4) is 0 Å². The molecule has 5 heteroatoms. The number of likely N-dealkylation sites (tertiary alicyclic amines) is 1. The van der Waals surface area contributed by atoms with Gasteiger partial charge in [0, 0.05) is 39.6 Å². The van der Waals surface area contributed by atoms with E-state index in [4.69, 9.17) is 0 Å². The average molecular weight is 398 g/mol. The summed E-state index contributed by atoms with van der Waals surface area (Å²) < 4.78 is 0. The van der Waals surface area contributed by atoms with Gasteiger partial charge in [-0.1, -0.05) is 43.5 Å². The fourth-order valence-corrected chi connectivity index (χ4v) is 5.73. The smallest absolute Gasteiger partial charge is 0.317 e. The molecule has 1 saturated heterocycles. The second-order valence-corrected chi connectivity index (χ2v) is 9.53. The van der Waals surface area contributed by atoms with Crippen LogP contribution in [0.25, 0.3) is 0 Å². The molecule has 3 aliphatic rings. The second kappa shape index (κ2) is 8.37. The van der Waals surface area contributed by atoms with Crippen LogP contribution in [-0.2, 0) is 10.2 Å². The number of nitrogens with zero attached hydrogens (tertiary/aromatic N) is 2. The standard InChI is InChI=1S/C24H35N3O2/c1-26(2)22(28)16-18-17-24(21-11-7-6-10-20(18)21)12-14-27(15-13-24)23(29)25-19-8-4-3-5-9-19/h6-7,10-11,18-19H,3-5,8-9,12-17H2,1-2H3,(H,25,29). The quantitative estimate of drug-likeness (QED) is 0.837. The molecule has 2 aliphatic carbocycles. The monoisotopic (exact) mass is 397 g/mol. The number of hydrogen-bond acceptors (Lipinski definition) is 2. The lowest BCUT2D eigenvalue weighted by molar-refractivity contribution is -0.129. The topological polar surface area (TPSA) is 52.7 Å². The second-order valence-electron chi connectivity index (χ2n) is 9.53. The lowest BCUT2D eigenvalue weighted by Crippen LogP contribution is -2.50. The molecule has 4 rings (SSSR count). The van der Waals surface area contributed by atoms with Gasteiger partial charge in [0.1, 0.15) is 0 Å². The van der Waals surface area contributed by atoms with Crippen molar-refractivity contribution in [1.82, 2.24) is 15.1 Å². The molecule has 1 atom stereocenters. The van der Waals surface area contributed by atoms with Crippen molar-refractivity contribution in [2.75, 3.05) is 27.2 Å². The Kier molecular flexibility index (Phi) is 5.84. The maximum atomic E-state index is 12.8. The summed E-state index contributed by atoms with van der Waals surface area (Å²) in [6.07, 6.45) is 9.62. The number of carbonyl (C=O) groups is 2. The zero-order valence-corrected chi connectivity index (χ0v) is 18.0. The highest BCUT2D eigenvalue weighted by atomic mass is 16.2. The molecular weight excluding hydrogens is 362 g/mol. The normalized spacial score (nSPS) is 23.7. The van der Waals surface area contributed by atoms with Gasteiger partial charge in [-0.2, -0.15) is 0 Å². The molecule has 29 heavy (non-hydrogen) atoms. The molecular formula is C24H35N3O2. The van der Waals surface area contributed by atoms with E-state index in [-0.39, 0.29) is 17.4 Å². The van der Waals surface area contributed by atoms with E-state index in [1.807, 2.05) is 19.0 Å². The van der Waals surface area contributed by atoms with Gasteiger partial charge < -0.3 is 15.1 Å². The molecule has 0 aromatic heterocycles. The van der Waals surface area contributed by atoms with Crippen LogP contribution < -0.4 is 5.32 Å². The summed E-state index contributed by atoms with van der Waals surface area (Å²) in [4.78, 5) is 28.9. The summed E-state index contributed by atoms with van der Waals surface area (Å²) in [5, 5.41) is 3.27. The minimum absolute atomic E-state index is 0.121. The number of piperidine rings is 1. The van der Waals surface area contributed by atoms with Crippen LogP contribution in [0.3, 0.4) is 0 Å². The Morgan fingerprint density at radius 2 is 1.79 bits per heavy atom. The minimum Gasteiger partial charge on any atom is -0.349 e. The fraction of sp³-hybridized carbons (Fsp3) is 0.667. The molecule has 3 amide bonds. The van der Waals surface area contributed by atoms with Gasteiger partial charge in [0.15, 0.2) is 0 Å². The first kappa shape index (κ1) is 20.2. The Balaban J connectivity index is 1.42. The number of urea groups is 1. The van der Waals surface area contributed by atoms with E-state index in [0.29, 0.717) is 18.4 Å². The highest BCUT2D eigenvalue weighted by molar-refractivity contribution is 5.77. The van der Waals surface area contributed by atoms with Gasteiger partial charge in [-0.05, 0) is 54.6 Å². The van der Waals surface area contributed by atoms with E-state index in [1.165, 1.54) is 30.4 Å². The van der Waals surface area contributed by atoms with E-state index in [9.17, 15) is 9.59 Å². The first-order valence-corrected chi connectivity index (χ1v) is 11.3. The van der Waals surface area contributed by atoms with Gasteiger partial charge in [0.05, 0.1) is 0 Å². The van der Waals surface area contributed by atoms with Crippen molar-refractivity contribution in [2.24, 2.45) is 0 Å². The largest absolute Gasteiger partial charge is 0.349 e.